The Hall–Kier alpha value is -1.24. The SMILES string of the molecule is CCC(=O)N1CSCC1C(=O)NCC(C)C(=O)O. The van der Waals surface area contributed by atoms with Crippen molar-refractivity contribution in [2.75, 3.05) is 18.2 Å². The average Bonchev–Trinajstić information content (AvgIpc) is 2.83. The van der Waals surface area contributed by atoms with Gasteiger partial charge in [-0.2, -0.15) is 0 Å². The van der Waals surface area contributed by atoms with E-state index in [1.54, 1.807) is 11.8 Å². The molecule has 0 saturated carbocycles. The predicted molar refractivity (Wildman–Crippen MR) is 68.1 cm³/mol. The Kier molecular flexibility index (Phi) is 5.46. The van der Waals surface area contributed by atoms with Crippen LogP contribution in [-0.2, 0) is 14.4 Å². The van der Waals surface area contributed by atoms with Crippen LogP contribution in [0.1, 0.15) is 20.3 Å². The second-order valence-electron chi connectivity index (χ2n) is 4.22. The lowest BCUT2D eigenvalue weighted by Gasteiger charge is -2.22. The molecule has 0 radical (unpaired) electrons. The molecule has 1 heterocycles. The molecule has 0 bridgehead atoms. The standard InChI is InChI=1S/C11H18N2O4S/c1-3-9(14)13-6-18-5-8(13)10(15)12-4-7(2)11(16)17/h7-8H,3-6H2,1-2H3,(H,12,15)(H,16,17). The summed E-state index contributed by atoms with van der Waals surface area (Å²) >= 11 is 1.53. The molecule has 0 spiro atoms. The largest absolute Gasteiger partial charge is 0.481 e. The molecule has 18 heavy (non-hydrogen) atoms. The van der Waals surface area contributed by atoms with E-state index < -0.39 is 17.9 Å². The summed E-state index contributed by atoms with van der Waals surface area (Å²) in [6.07, 6.45) is 0.371. The summed E-state index contributed by atoms with van der Waals surface area (Å²) in [5.74, 6) is -0.796. The number of carbonyl (C=O) groups is 3. The fourth-order valence-electron chi connectivity index (χ4n) is 1.57. The summed E-state index contributed by atoms with van der Waals surface area (Å²) in [5.41, 5.74) is 0. The normalized spacial score (nSPS) is 20.6. The minimum absolute atomic E-state index is 0.0496. The Morgan fingerprint density at radius 3 is 2.72 bits per heavy atom. The van der Waals surface area contributed by atoms with E-state index in [2.05, 4.69) is 5.32 Å². The number of rotatable bonds is 5. The summed E-state index contributed by atoms with van der Waals surface area (Å²) in [5, 5.41) is 11.3. The molecule has 7 heteroatoms. The topological polar surface area (TPSA) is 86.7 Å². The third-order valence-corrected chi connectivity index (χ3v) is 3.82. The van der Waals surface area contributed by atoms with Gasteiger partial charge in [0.1, 0.15) is 6.04 Å². The lowest BCUT2D eigenvalue weighted by atomic mass is 10.2. The molecule has 1 rings (SSSR count). The maximum atomic E-state index is 11.9. The molecule has 1 fully saturated rings. The maximum Gasteiger partial charge on any atom is 0.308 e. The fourth-order valence-corrected chi connectivity index (χ4v) is 2.75. The number of carboxylic acid groups (broad SMARTS) is 1. The van der Waals surface area contributed by atoms with Gasteiger partial charge in [-0.05, 0) is 0 Å². The van der Waals surface area contributed by atoms with E-state index in [0.717, 1.165) is 0 Å². The monoisotopic (exact) mass is 274 g/mol. The molecule has 1 saturated heterocycles. The number of amides is 2. The van der Waals surface area contributed by atoms with E-state index in [1.165, 1.54) is 18.7 Å². The zero-order valence-electron chi connectivity index (χ0n) is 10.5. The molecule has 0 aromatic heterocycles. The van der Waals surface area contributed by atoms with Gasteiger partial charge >= 0.3 is 5.97 Å². The van der Waals surface area contributed by atoms with E-state index in [-0.39, 0.29) is 18.4 Å². The van der Waals surface area contributed by atoms with Crippen molar-refractivity contribution in [1.82, 2.24) is 10.2 Å². The predicted octanol–water partition coefficient (Wildman–Crippen LogP) is 0.135. The van der Waals surface area contributed by atoms with E-state index in [4.69, 9.17) is 5.11 Å². The van der Waals surface area contributed by atoms with Crippen LogP contribution in [0.15, 0.2) is 0 Å². The number of hydrogen-bond donors (Lipinski definition) is 2. The number of carboxylic acids is 1. The van der Waals surface area contributed by atoms with E-state index in [9.17, 15) is 14.4 Å². The molecule has 0 aliphatic carbocycles. The molecule has 102 valence electrons. The van der Waals surface area contributed by atoms with E-state index >= 15 is 0 Å². The number of carbonyl (C=O) groups excluding carboxylic acids is 2. The highest BCUT2D eigenvalue weighted by atomic mass is 32.2. The molecule has 0 aromatic rings. The van der Waals surface area contributed by atoms with Gasteiger partial charge < -0.3 is 15.3 Å². The van der Waals surface area contributed by atoms with Gasteiger partial charge in [-0.15, -0.1) is 11.8 Å². The minimum Gasteiger partial charge on any atom is -0.481 e. The van der Waals surface area contributed by atoms with Crippen molar-refractivity contribution in [2.24, 2.45) is 5.92 Å². The van der Waals surface area contributed by atoms with Crippen LogP contribution in [0.4, 0.5) is 0 Å². The first kappa shape index (κ1) is 14.8. The van der Waals surface area contributed by atoms with Crippen molar-refractivity contribution in [3.8, 4) is 0 Å². The molecule has 2 N–H and O–H groups in total. The summed E-state index contributed by atoms with van der Waals surface area (Å²) in [6.45, 7) is 3.37. The first-order valence-electron chi connectivity index (χ1n) is 5.85. The molecule has 2 atom stereocenters. The lowest BCUT2D eigenvalue weighted by molar-refractivity contribution is -0.142. The molecular formula is C11H18N2O4S. The summed E-state index contributed by atoms with van der Waals surface area (Å²) < 4.78 is 0. The Balaban J connectivity index is 2.50. The van der Waals surface area contributed by atoms with Crippen molar-refractivity contribution >= 4 is 29.5 Å². The minimum atomic E-state index is -0.947. The van der Waals surface area contributed by atoms with Gasteiger partial charge in [-0.25, -0.2) is 0 Å². The van der Waals surface area contributed by atoms with Crippen LogP contribution in [0, 0.1) is 5.92 Å². The van der Waals surface area contributed by atoms with Crippen LogP contribution >= 0.6 is 11.8 Å². The number of hydrogen-bond acceptors (Lipinski definition) is 4. The van der Waals surface area contributed by atoms with E-state index in [0.29, 0.717) is 18.1 Å². The second-order valence-corrected chi connectivity index (χ2v) is 5.22. The van der Waals surface area contributed by atoms with Crippen LogP contribution in [-0.4, -0.2) is 52.0 Å². The summed E-state index contributed by atoms with van der Waals surface area (Å²) in [4.78, 5) is 35.7. The van der Waals surface area contributed by atoms with Crippen molar-refractivity contribution in [3.63, 3.8) is 0 Å². The molecule has 6 nitrogen and oxygen atoms in total. The Morgan fingerprint density at radius 1 is 1.50 bits per heavy atom. The zero-order valence-corrected chi connectivity index (χ0v) is 11.3. The molecule has 2 unspecified atom stereocenters. The number of nitrogens with zero attached hydrogens (tertiary/aromatic N) is 1. The van der Waals surface area contributed by atoms with Gasteiger partial charge in [0, 0.05) is 18.7 Å². The van der Waals surface area contributed by atoms with E-state index in [1.807, 2.05) is 0 Å². The highest BCUT2D eigenvalue weighted by molar-refractivity contribution is 7.99. The second kappa shape index (κ2) is 6.63. The van der Waals surface area contributed by atoms with Crippen LogP contribution in [0.3, 0.4) is 0 Å². The summed E-state index contributed by atoms with van der Waals surface area (Å²) in [6, 6.07) is -0.469. The molecular weight excluding hydrogens is 256 g/mol. The van der Waals surface area contributed by atoms with Gasteiger partial charge in [0.2, 0.25) is 11.8 Å². The number of aliphatic carboxylic acids is 1. The van der Waals surface area contributed by atoms with Gasteiger partial charge in [-0.3, -0.25) is 14.4 Å². The third-order valence-electron chi connectivity index (χ3n) is 2.81. The maximum absolute atomic E-state index is 11.9. The Bertz CT molecular complexity index is 348. The van der Waals surface area contributed by atoms with Crippen LogP contribution in [0.25, 0.3) is 0 Å². The summed E-state index contributed by atoms with van der Waals surface area (Å²) in [7, 11) is 0. The Morgan fingerprint density at radius 2 is 2.17 bits per heavy atom. The first-order chi connectivity index (χ1) is 8.47. The lowest BCUT2D eigenvalue weighted by Crippen LogP contribution is -2.48. The van der Waals surface area contributed by atoms with Gasteiger partial charge in [0.15, 0.2) is 0 Å². The molecule has 0 aromatic carbocycles. The van der Waals surface area contributed by atoms with Crippen molar-refractivity contribution in [1.29, 1.82) is 0 Å². The first-order valence-corrected chi connectivity index (χ1v) is 7.00. The molecule has 1 aliphatic heterocycles. The van der Waals surface area contributed by atoms with Crippen LogP contribution in [0.5, 0.6) is 0 Å². The van der Waals surface area contributed by atoms with Crippen molar-refractivity contribution in [2.45, 2.75) is 26.3 Å². The van der Waals surface area contributed by atoms with Gasteiger partial charge in [0.25, 0.3) is 0 Å². The number of nitrogens with one attached hydrogen (secondary N) is 1. The third kappa shape index (κ3) is 3.63. The van der Waals surface area contributed by atoms with Crippen molar-refractivity contribution in [3.05, 3.63) is 0 Å². The van der Waals surface area contributed by atoms with Gasteiger partial charge in [0.05, 0.1) is 11.8 Å². The van der Waals surface area contributed by atoms with Crippen molar-refractivity contribution < 1.29 is 19.5 Å². The molecule has 1 aliphatic rings. The zero-order chi connectivity index (χ0) is 13.7. The molecule has 2 amide bonds. The van der Waals surface area contributed by atoms with Crippen LogP contribution in [0.2, 0.25) is 0 Å². The quantitative estimate of drug-likeness (QED) is 0.744. The highest BCUT2D eigenvalue weighted by Gasteiger charge is 2.33. The van der Waals surface area contributed by atoms with Crippen LogP contribution < -0.4 is 5.32 Å². The smallest absolute Gasteiger partial charge is 0.308 e. The Labute approximate surface area is 110 Å². The van der Waals surface area contributed by atoms with Gasteiger partial charge in [-0.1, -0.05) is 13.8 Å². The average molecular weight is 274 g/mol. The highest BCUT2D eigenvalue weighted by Crippen LogP contribution is 2.21. The fraction of sp³-hybridized carbons (Fsp3) is 0.727. The number of thioether (sulfide) groups is 1.